The van der Waals surface area contributed by atoms with Crippen molar-refractivity contribution < 1.29 is 0 Å². The summed E-state index contributed by atoms with van der Waals surface area (Å²) in [6.07, 6.45) is 5.97. The molecule has 6 aromatic heterocycles. The third-order valence-corrected chi connectivity index (χ3v) is 12.0. The Morgan fingerprint density at radius 2 is 0.818 bits per heavy atom. The molecule has 6 aromatic rings. The molecule has 0 bridgehead atoms. The molecule has 0 saturated heterocycles. The Hall–Kier alpha value is -4.60. The van der Waals surface area contributed by atoms with Crippen molar-refractivity contribution in [2.45, 2.75) is 236 Å². The minimum Gasteiger partial charge on any atom is -0.317 e. The highest BCUT2D eigenvalue weighted by atomic mass is 16.2. The molecular formula is C56H89N7O3. The van der Waals surface area contributed by atoms with Gasteiger partial charge in [0.2, 0.25) is 0 Å². The summed E-state index contributed by atoms with van der Waals surface area (Å²) in [5.74, 6) is 0. The normalized spacial score (nSPS) is 13.9. The minimum absolute atomic E-state index is 0.00245. The van der Waals surface area contributed by atoms with Crippen LogP contribution in [-0.4, -0.2) is 31.9 Å². The second-order valence-corrected chi connectivity index (χ2v) is 27.8. The third kappa shape index (κ3) is 10.9. The second-order valence-electron chi connectivity index (χ2n) is 27.8. The van der Waals surface area contributed by atoms with E-state index in [2.05, 4.69) is 228 Å². The number of nitrogens with zero attached hydrogens (tertiary/aromatic N) is 7. The lowest BCUT2D eigenvalue weighted by Gasteiger charge is -2.33. The van der Waals surface area contributed by atoms with E-state index in [1.807, 2.05) is 34.9 Å². The van der Waals surface area contributed by atoms with Gasteiger partial charge in [-0.25, -0.2) is 19.0 Å². The fraction of sp³-hybridized carbons (Fsp3) is 0.643. The molecule has 0 aliphatic carbocycles. The summed E-state index contributed by atoms with van der Waals surface area (Å²) in [4.78, 5) is 44.4. The maximum Gasteiger partial charge on any atom is 0.334 e. The number of hydrogen-bond acceptors (Lipinski definition) is 4. The largest absolute Gasteiger partial charge is 0.334 e. The Balaban J connectivity index is 0.000000216. The van der Waals surface area contributed by atoms with E-state index in [1.165, 1.54) is 0 Å². The molecule has 6 rings (SSSR count). The van der Waals surface area contributed by atoms with Gasteiger partial charge in [-0.1, -0.05) is 125 Å². The van der Waals surface area contributed by atoms with E-state index >= 15 is 0 Å². The van der Waals surface area contributed by atoms with Crippen LogP contribution in [0.2, 0.25) is 0 Å². The van der Waals surface area contributed by atoms with Crippen LogP contribution in [0.25, 0.3) is 16.7 Å². The molecule has 0 radical (unpaired) electrons. The standard InChI is InChI=1S/2C19H30N2O.C18H29N3O/c1-17(2,3)13-10-11-20-12-14(18(4,5)6)21(19(7,8)9)16(22)15(13)20;1-17(2,3)14-11-10-13-12-15(18(4,5)6)21(19(7,8)9)16(22)20(13)14;1-16(2,3)12-10-14-19-11-13(17(4,5)6)20(14)15(22)21(12)18(7,8)9/h2*10-12H,1-9H3;10-11H,1-9H3. The fourth-order valence-electron chi connectivity index (χ4n) is 8.75. The van der Waals surface area contributed by atoms with Gasteiger partial charge in [0, 0.05) is 91.1 Å². The first-order chi connectivity index (χ1) is 29.2. The molecule has 0 atom stereocenters. The highest BCUT2D eigenvalue weighted by Crippen LogP contribution is 2.33. The van der Waals surface area contributed by atoms with E-state index in [0.717, 1.165) is 50.7 Å². The first-order valence-electron chi connectivity index (χ1n) is 24.0. The smallest absolute Gasteiger partial charge is 0.317 e. The van der Waals surface area contributed by atoms with Crippen LogP contribution in [0.4, 0.5) is 0 Å². The highest BCUT2D eigenvalue weighted by molar-refractivity contribution is 5.58. The number of hydrogen-bond donors (Lipinski definition) is 0. The molecule has 0 aliphatic rings. The molecule has 0 fully saturated rings. The molecule has 0 unspecified atom stereocenters. The van der Waals surface area contributed by atoms with Crippen LogP contribution in [0.3, 0.4) is 0 Å². The van der Waals surface area contributed by atoms with E-state index in [1.54, 1.807) is 4.40 Å². The molecule has 66 heavy (non-hydrogen) atoms. The molecule has 10 nitrogen and oxygen atoms in total. The molecule has 0 N–H and O–H groups in total. The summed E-state index contributed by atoms with van der Waals surface area (Å²) in [7, 11) is 0. The first-order valence-corrected chi connectivity index (χ1v) is 24.0. The second kappa shape index (κ2) is 16.9. The summed E-state index contributed by atoms with van der Waals surface area (Å²) in [6.45, 7) is 57.4. The Labute approximate surface area is 397 Å². The van der Waals surface area contributed by atoms with Crippen molar-refractivity contribution in [1.82, 2.24) is 31.9 Å². The molecule has 6 heterocycles. The topological polar surface area (TPSA) is 92.1 Å². The van der Waals surface area contributed by atoms with Crippen LogP contribution in [0.5, 0.6) is 0 Å². The molecule has 366 valence electrons. The summed E-state index contributed by atoms with van der Waals surface area (Å²) < 4.78 is 11.5. The van der Waals surface area contributed by atoms with Gasteiger partial charge in [0.15, 0.2) is 0 Å². The van der Waals surface area contributed by atoms with Crippen molar-refractivity contribution >= 4 is 16.7 Å². The average Bonchev–Trinajstić information content (AvgIpc) is 3.82. The maximum atomic E-state index is 13.3. The number of rotatable bonds is 0. The molecule has 0 aromatic carbocycles. The zero-order chi connectivity index (χ0) is 51.3. The maximum absolute atomic E-state index is 13.3. The Kier molecular flexibility index (Phi) is 13.8. The highest BCUT2D eigenvalue weighted by Gasteiger charge is 2.33. The van der Waals surface area contributed by atoms with Gasteiger partial charge >= 0.3 is 11.4 Å². The van der Waals surface area contributed by atoms with Gasteiger partial charge in [0.1, 0.15) is 11.2 Å². The SMILES string of the molecule is CC(C)(C)c1cc2ccc(C(C)(C)C)n2c(=O)n1C(C)(C)C.CC(C)(C)c1cc2ncc(C(C)(C)C)n2c(=O)n1C(C)(C)C.CC(C)(C)c1ccn2cc(C(C)(C)C)n(C(C)(C)C)c(=O)c12. The van der Waals surface area contributed by atoms with Crippen LogP contribution in [0.15, 0.2) is 63.3 Å². The van der Waals surface area contributed by atoms with Crippen molar-refractivity contribution in [3.05, 3.63) is 114 Å². The molecule has 0 spiro atoms. The summed E-state index contributed by atoms with van der Waals surface area (Å²) in [5.41, 5.74) is 7.64. The molecule has 10 heteroatoms. The molecular weight excluding hydrogens is 819 g/mol. The van der Waals surface area contributed by atoms with Crippen LogP contribution in [0, 0.1) is 0 Å². The predicted octanol–water partition coefficient (Wildman–Crippen LogP) is 12.7. The van der Waals surface area contributed by atoms with Gasteiger partial charge in [-0.3, -0.25) is 18.3 Å². The lowest BCUT2D eigenvalue weighted by atomic mass is 9.87. The van der Waals surface area contributed by atoms with Gasteiger partial charge in [0.05, 0.1) is 11.2 Å². The van der Waals surface area contributed by atoms with Crippen molar-refractivity contribution in [3.63, 3.8) is 0 Å². The zero-order valence-electron chi connectivity index (χ0n) is 46.5. The molecule has 0 saturated carbocycles. The van der Waals surface area contributed by atoms with E-state index in [0.29, 0.717) is 0 Å². The van der Waals surface area contributed by atoms with Crippen molar-refractivity contribution in [2.75, 3.05) is 0 Å². The van der Waals surface area contributed by atoms with Crippen molar-refractivity contribution in [2.24, 2.45) is 0 Å². The predicted molar refractivity (Wildman–Crippen MR) is 280 cm³/mol. The lowest BCUT2D eigenvalue weighted by Crippen LogP contribution is -2.43. The monoisotopic (exact) mass is 908 g/mol. The number of aromatic nitrogens is 7. The van der Waals surface area contributed by atoms with Gasteiger partial charge in [-0.2, -0.15) is 0 Å². The van der Waals surface area contributed by atoms with Crippen molar-refractivity contribution in [1.29, 1.82) is 0 Å². The van der Waals surface area contributed by atoms with Crippen LogP contribution in [-0.2, 0) is 49.1 Å². The summed E-state index contributed by atoms with van der Waals surface area (Å²) in [5, 5.41) is 0. The fourth-order valence-corrected chi connectivity index (χ4v) is 8.75. The van der Waals surface area contributed by atoms with Gasteiger partial charge in [0.25, 0.3) is 5.56 Å². The van der Waals surface area contributed by atoms with Crippen LogP contribution < -0.4 is 16.9 Å². The average molecular weight is 908 g/mol. The number of imidazole rings is 1. The first kappa shape index (κ1) is 54.0. The Morgan fingerprint density at radius 1 is 0.409 bits per heavy atom. The van der Waals surface area contributed by atoms with E-state index in [-0.39, 0.29) is 66.0 Å². The molecule has 0 aliphatic heterocycles. The van der Waals surface area contributed by atoms with Crippen LogP contribution >= 0.6 is 0 Å². The van der Waals surface area contributed by atoms with E-state index < -0.39 is 0 Å². The lowest BCUT2D eigenvalue weighted by molar-refractivity contribution is 0.336. The van der Waals surface area contributed by atoms with Gasteiger partial charge in [-0.05, 0) is 97.6 Å². The third-order valence-electron chi connectivity index (χ3n) is 12.0. The zero-order valence-corrected chi connectivity index (χ0v) is 46.5. The van der Waals surface area contributed by atoms with Gasteiger partial charge < -0.3 is 8.97 Å². The Bertz CT molecular complexity index is 2590. The Morgan fingerprint density at radius 3 is 1.21 bits per heavy atom. The number of fused-ring (bicyclic) bond motifs is 3. The summed E-state index contributed by atoms with van der Waals surface area (Å²) in [6, 6.07) is 10.4. The minimum atomic E-state index is -0.284. The summed E-state index contributed by atoms with van der Waals surface area (Å²) >= 11 is 0. The quantitative estimate of drug-likeness (QED) is 0.152. The van der Waals surface area contributed by atoms with Gasteiger partial charge in [-0.15, -0.1) is 0 Å². The molecule has 0 amide bonds. The van der Waals surface area contributed by atoms with E-state index in [9.17, 15) is 14.4 Å². The van der Waals surface area contributed by atoms with E-state index in [4.69, 9.17) is 0 Å². The van der Waals surface area contributed by atoms with Crippen molar-refractivity contribution in [3.8, 4) is 0 Å². The van der Waals surface area contributed by atoms with Crippen LogP contribution in [0.1, 0.15) is 221 Å².